The summed E-state index contributed by atoms with van der Waals surface area (Å²) in [5.74, 6) is -0.104. The van der Waals surface area contributed by atoms with Crippen molar-refractivity contribution in [1.82, 2.24) is 0 Å². The van der Waals surface area contributed by atoms with Gasteiger partial charge in [0.1, 0.15) is 0 Å². The highest BCUT2D eigenvalue weighted by molar-refractivity contribution is 5.28. The number of hydrogen-bond donors (Lipinski definition) is 2. The van der Waals surface area contributed by atoms with E-state index in [4.69, 9.17) is 10.2 Å². The summed E-state index contributed by atoms with van der Waals surface area (Å²) in [5, 5.41) is 10.3. The molecule has 0 aliphatic heterocycles. The monoisotopic (exact) mass is 231 g/mol. The molecule has 0 spiro atoms. The molecule has 0 saturated heterocycles. The van der Waals surface area contributed by atoms with Gasteiger partial charge < -0.3 is 15.3 Å². The predicted octanol–water partition coefficient (Wildman–Crippen LogP) is 2.36. The molecule has 2 rings (SSSR count). The number of benzene rings is 1. The lowest BCUT2D eigenvalue weighted by atomic mass is 9.90. The number of aryl methyl sites for hydroxylation is 1. The van der Waals surface area contributed by atoms with Crippen LogP contribution < -0.4 is 5.73 Å². The molecule has 3 nitrogen and oxygen atoms in total. The first kappa shape index (κ1) is 11.9. The minimum Gasteiger partial charge on any atom is -0.472 e. The Morgan fingerprint density at radius 1 is 1.18 bits per heavy atom. The molecule has 90 valence electrons. The topological polar surface area (TPSA) is 59.4 Å². The first-order valence-electron chi connectivity index (χ1n) is 5.69. The minimum absolute atomic E-state index is 0.104. The van der Waals surface area contributed by atoms with E-state index in [1.165, 1.54) is 5.56 Å². The van der Waals surface area contributed by atoms with Gasteiger partial charge in [-0.15, -0.1) is 0 Å². The van der Waals surface area contributed by atoms with E-state index in [1.54, 1.807) is 18.6 Å². The van der Waals surface area contributed by atoms with Crippen molar-refractivity contribution in [3.05, 3.63) is 59.5 Å². The maximum absolute atomic E-state index is 10.3. The van der Waals surface area contributed by atoms with Crippen molar-refractivity contribution in [2.75, 3.05) is 6.54 Å². The summed E-state index contributed by atoms with van der Waals surface area (Å²) in [7, 11) is 0. The van der Waals surface area contributed by atoms with Crippen LogP contribution in [-0.2, 0) is 0 Å². The Bertz CT molecular complexity index is 448. The Kier molecular flexibility index (Phi) is 3.61. The maximum Gasteiger partial charge on any atom is 0.0960 e. The van der Waals surface area contributed by atoms with Gasteiger partial charge in [0, 0.05) is 18.0 Å². The molecule has 3 N–H and O–H groups in total. The summed E-state index contributed by atoms with van der Waals surface area (Å²) in [6.07, 6.45) is 2.49. The van der Waals surface area contributed by atoms with Gasteiger partial charge in [-0.1, -0.05) is 29.8 Å². The van der Waals surface area contributed by atoms with Crippen molar-refractivity contribution in [3.63, 3.8) is 0 Å². The molecule has 1 aromatic carbocycles. The van der Waals surface area contributed by atoms with Crippen LogP contribution in [0.4, 0.5) is 0 Å². The van der Waals surface area contributed by atoms with Gasteiger partial charge >= 0.3 is 0 Å². The molecule has 1 aromatic heterocycles. The molecule has 0 aliphatic rings. The molecule has 0 fully saturated rings. The van der Waals surface area contributed by atoms with Crippen LogP contribution in [0.5, 0.6) is 0 Å². The van der Waals surface area contributed by atoms with E-state index in [-0.39, 0.29) is 5.92 Å². The zero-order valence-corrected chi connectivity index (χ0v) is 9.84. The van der Waals surface area contributed by atoms with Gasteiger partial charge in [0.2, 0.25) is 0 Å². The molecule has 17 heavy (non-hydrogen) atoms. The van der Waals surface area contributed by atoms with E-state index in [0.29, 0.717) is 6.54 Å². The summed E-state index contributed by atoms with van der Waals surface area (Å²) in [5.41, 5.74) is 8.77. The zero-order chi connectivity index (χ0) is 12.3. The molecule has 0 aliphatic carbocycles. The van der Waals surface area contributed by atoms with Crippen LogP contribution in [-0.4, -0.2) is 11.7 Å². The quantitative estimate of drug-likeness (QED) is 0.849. The second-order valence-electron chi connectivity index (χ2n) is 4.25. The number of aliphatic hydroxyl groups excluding tert-OH is 1. The van der Waals surface area contributed by atoms with Crippen molar-refractivity contribution in [3.8, 4) is 0 Å². The Morgan fingerprint density at radius 3 is 2.41 bits per heavy atom. The van der Waals surface area contributed by atoms with Gasteiger partial charge in [-0.05, 0) is 18.6 Å². The van der Waals surface area contributed by atoms with Crippen molar-refractivity contribution >= 4 is 0 Å². The molecular formula is C14H17NO2. The normalized spacial score (nSPS) is 14.5. The number of furan rings is 1. The van der Waals surface area contributed by atoms with E-state index in [1.807, 2.05) is 31.2 Å². The van der Waals surface area contributed by atoms with Gasteiger partial charge in [-0.25, -0.2) is 0 Å². The Hall–Kier alpha value is -1.58. The summed E-state index contributed by atoms with van der Waals surface area (Å²) < 4.78 is 4.98. The van der Waals surface area contributed by atoms with Crippen molar-refractivity contribution in [2.24, 2.45) is 5.73 Å². The van der Waals surface area contributed by atoms with Gasteiger partial charge in [0.15, 0.2) is 0 Å². The number of rotatable bonds is 4. The van der Waals surface area contributed by atoms with Gasteiger partial charge in [0.25, 0.3) is 0 Å². The van der Waals surface area contributed by atoms with Crippen LogP contribution in [0, 0.1) is 6.92 Å². The second kappa shape index (κ2) is 5.17. The molecule has 0 amide bonds. The lowest BCUT2D eigenvalue weighted by Crippen LogP contribution is -2.19. The van der Waals surface area contributed by atoms with E-state index >= 15 is 0 Å². The standard InChI is InChI=1S/C14H17NO2/c1-10-2-4-11(5-3-10)13(8-15)14(16)12-6-7-17-9-12/h2-7,9,13-14,16H,8,15H2,1H3. The lowest BCUT2D eigenvalue weighted by Gasteiger charge is -2.21. The molecule has 2 unspecified atom stereocenters. The summed E-state index contributed by atoms with van der Waals surface area (Å²) in [6, 6.07) is 9.84. The molecule has 1 heterocycles. The number of nitrogens with two attached hydrogens (primary N) is 1. The van der Waals surface area contributed by atoms with E-state index < -0.39 is 6.10 Å². The number of hydrogen-bond acceptors (Lipinski definition) is 3. The van der Waals surface area contributed by atoms with Crippen molar-refractivity contribution in [2.45, 2.75) is 18.9 Å². The average Bonchev–Trinajstić information content (AvgIpc) is 2.86. The molecule has 3 heteroatoms. The lowest BCUT2D eigenvalue weighted by molar-refractivity contribution is 0.146. The Labute approximate surface area is 101 Å². The largest absolute Gasteiger partial charge is 0.472 e. The average molecular weight is 231 g/mol. The van der Waals surface area contributed by atoms with Gasteiger partial charge in [0.05, 0.1) is 18.6 Å². The van der Waals surface area contributed by atoms with Crippen LogP contribution in [0.15, 0.2) is 47.3 Å². The van der Waals surface area contributed by atoms with Crippen LogP contribution in [0.1, 0.15) is 28.7 Å². The van der Waals surface area contributed by atoms with E-state index in [9.17, 15) is 5.11 Å². The van der Waals surface area contributed by atoms with Crippen LogP contribution in [0.2, 0.25) is 0 Å². The first-order chi connectivity index (χ1) is 8.22. The Morgan fingerprint density at radius 2 is 1.88 bits per heavy atom. The predicted molar refractivity (Wildman–Crippen MR) is 66.6 cm³/mol. The summed E-state index contributed by atoms with van der Waals surface area (Å²) in [6.45, 7) is 2.43. The molecule has 0 radical (unpaired) electrons. The van der Waals surface area contributed by atoms with E-state index in [0.717, 1.165) is 11.1 Å². The third-order valence-corrected chi connectivity index (χ3v) is 3.03. The van der Waals surface area contributed by atoms with Crippen LogP contribution in [0.3, 0.4) is 0 Å². The number of aliphatic hydroxyl groups is 1. The molecule has 0 bridgehead atoms. The zero-order valence-electron chi connectivity index (χ0n) is 9.84. The molecule has 0 saturated carbocycles. The van der Waals surface area contributed by atoms with Gasteiger partial charge in [-0.3, -0.25) is 0 Å². The molecule has 2 atom stereocenters. The highest BCUT2D eigenvalue weighted by Gasteiger charge is 2.22. The summed E-state index contributed by atoms with van der Waals surface area (Å²) in [4.78, 5) is 0. The van der Waals surface area contributed by atoms with Gasteiger partial charge in [-0.2, -0.15) is 0 Å². The maximum atomic E-state index is 10.3. The second-order valence-corrected chi connectivity index (χ2v) is 4.25. The van der Waals surface area contributed by atoms with Crippen molar-refractivity contribution in [1.29, 1.82) is 0 Å². The first-order valence-corrected chi connectivity index (χ1v) is 5.69. The molecular weight excluding hydrogens is 214 g/mol. The fourth-order valence-corrected chi connectivity index (χ4v) is 1.94. The SMILES string of the molecule is Cc1ccc(C(CN)C(O)c2ccoc2)cc1. The Balaban J connectivity index is 2.24. The van der Waals surface area contributed by atoms with Crippen molar-refractivity contribution < 1.29 is 9.52 Å². The summed E-state index contributed by atoms with van der Waals surface area (Å²) >= 11 is 0. The smallest absolute Gasteiger partial charge is 0.0960 e. The fraction of sp³-hybridized carbons (Fsp3) is 0.286. The fourth-order valence-electron chi connectivity index (χ4n) is 1.94. The third kappa shape index (κ3) is 2.57. The minimum atomic E-state index is -0.624. The van der Waals surface area contributed by atoms with Crippen LogP contribution in [0.25, 0.3) is 0 Å². The van der Waals surface area contributed by atoms with Crippen LogP contribution >= 0.6 is 0 Å². The molecule has 2 aromatic rings. The van der Waals surface area contributed by atoms with E-state index in [2.05, 4.69) is 0 Å². The third-order valence-electron chi connectivity index (χ3n) is 3.03. The highest BCUT2D eigenvalue weighted by atomic mass is 16.3. The highest BCUT2D eigenvalue weighted by Crippen LogP contribution is 2.30.